The van der Waals surface area contributed by atoms with E-state index in [4.69, 9.17) is 4.99 Å². The summed E-state index contributed by atoms with van der Waals surface area (Å²) in [6.07, 6.45) is 7.17. The lowest BCUT2D eigenvalue weighted by Crippen LogP contribution is -2.33. The first-order valence-electron chi connectivity index (χ1n) is 9.89. The molecular formula is C25H26NP. The van der Waals surface area contributed by atoms with Gasteiger partial charge in [0, 0.05) is 11.9 Å². The molecule has 1 aliphatic rings. The van der Waals surface area contributed by atoms with E-state index in [1.807, 2.05) is 0 Å². The van der Waals surface area contributed by atoms with Gasteiger partial charge in [-0.2, -0.15) is 0 Å². The van der Waals surface area contributed by atoms with Crippen molar-refractivity contribution in [3.8, 4) is 0 Å². The molecule has 2 heteroatoms. The average Bonchev–Trinajstić information content (AvgIpc) is 2.76. The van der Waals surface area contributed by atoms with Crippen molar-refractivity contribution in [3.63, 3.8) is 0 Å². The second-order valence-electron chi connectivity index (χ2n) is 7.15. The summed E-state index contributed by atoms with van der Waals surface area (Å²) < 4.78 is 0. The molecule has 2 atom stereocenters. The van der Waals surface area contributed by atoms with E-state index in [0.717, 1.165) is 0 Å². The van der Waals surface area contributed by atoms with Gasteiger partial charge in [-0.3, -0.25) is 4.99 Å². The largest absolute Gasteiger partial charge is 0.289 e. The van der Waals surface area contributed by atoms with Crippen LogP contribution in [-0.4, -0.2) is 17.9 Å². The van der Waals surface area contributed by atoms with Crippen molar-refractivity contribution in [2.45, 2.75) is 37.4 Å². The fourth-order valence-electron chi connectivity index (χ4n) is 4.00. The maximum Gasteiger partial charge on any atom is 0.0573 e. The van der Waals surface area contributed by atoms with Crippen LogP contribution >= 0.6 is 7.92 Å². The van der Waals surface area contributed by atoms with Gasteiger partial charge in [0.15, 0.2) is 0 Å². The molecule has 1 fully saturated rings. The zero-order chi connectivity index (χ0) is 18.3. The normalized spacial score (nSPS) is 20.2. The Kier molecular flexibility index (Phi) is 6.12. The van der Waals surface area contributed by atoms with Crippen LogP contribution in [0.1, 0.15) is 31.2 Å². The van der Waals surface area contributed by atoms with Gasteiger partial charge in [0.1, 0.15) is 0 Å². The summed E-state index contributed by atoms with van der Waals surface area (Å²) in [6.45, 7) is 0. The number of rotatable bonds is 5. The first kappa shape index (κ1) is 18.1. The minimum atomic E-state index is -0.403. The standard InChI is InChI=1S/C25H26NP/c1-4-12-21(13-5-1)20-26-24-18-10-11-19-25(24)27(22-14-6-2-7-15-22)23-16-8-3-9-17-23/h1-9,12-17,20,24-25H,10-11,18-19H2/b26-20-. The maximum atomic E-state index is 5.10. The molecule has 0 amide bonds. The maximum absolute atomic E-state index is 5.10. The fraction of sp³-hybridized carbons (Fsp3) is 0.240. The second kappa shape index (κ2) is 9.11. The molecule has 3 aromatic carbocycles. The molecule has 0 aliphatic heterocycles. The molecule has 2 unspecified atom stereocenters. The van der Waals surface area contributed by atoms with Crippen LogP contribution in [0.2, 0.25) is 0 Å². The number of hydrogen-bond donors (Lipinski definition) is 0. The van der Waals surface area contributed by atoms with Crippen molar-refractivity contribution in [2.24, 2.45) is 4.99 Å². The minimum Gasteiger partial charge on any atom is -0.289 e. The summed E-state index contributed by atoms with van der Waals surface area (Å²) in [5, 5.41) is 2.95. The third kappa shape index (κ3) is 4.54. The molecule has 1 nitrogen and oxygen atoms in total. The quantitative estimate of drug-likeness (QED) is 0.412. The van der Waals surface area contributed by atoms with E-state index < -0.39 is 7.92 Å². The van der Waals surface area contributed by atoms with Crippen LogP contribution in [-0.2, 0) is 0 Å². The van der Waals surface area contributed by atoms with Crippen LogP contribution in [0, 0.1) is 0 Å². The van der Waals surface area contributed by atoms with Gasteiger partial charge < -0.3 is 0 Å². The van der Waals surface area contributed by atoms with Gasteiger partial charge in [-0.1, -0.05) is 104 Å². The van der Waals surface area contributed by atoms with Crippen molar-refractivity contribution in [3.05, 3.63) is 96.6 Å². The van der Waals surface area contributed by atoms with Gasteiger partial charge in [-0.15, -0.1) is 0 Å². The van der Waals surface area contributed by atoms with E-state index in [2.05, 4.69) is 97.2 Å². The third-order valence-electron chi connectivity index (χ3n) is 5.31. The van der Waals surface area contributed by atoms with Crippen LogP contribution in [0.3, 0.4) is 0 Å². The summed E-state index contributed by atoms with van der Waals surface area (Å²) >= 11 is 0. The van der Waals surface area contributed by atoms with Crippen molar-refractivity contribution < 1.29 is 0 Å². The van der Waals surface area contributed by atoms with Crippen molar-refractivity contribution in [1.29, 1.82) is 0 Å². The molecule has 0 saturated heterocycles. The SMILES string of the molecule is C(=N/C1CCCCC1P(c1ccccc1)c1ccccc1)/c1ccccc1. The summed E-state index contributed by atoms with van der Waals surface area (Å²) in [4.78, 5) is 5.10. The van der Waals surface area contributed by atoms with Gasteiger partial charge in [0.25, 0.3) is 0 Å². The molecule has 136 valence electrons. The Labute approximate surface area is 163 Å². The van der Waals surface area contributed by atoms with Gasteiger partial charge in [-0.25, -0.2) is 0 Å². The Bertz CT molecular complexity index is 806. The van der Waals surface area contributed by atoms with Crippen LogP contribution in [0.25, 0.3) is 0 Å². The summed E-state index contributed by atoms with van der Waals surface area (Å²) in [5.41, 5.74) is 1.81. The predicted molar refractivity (Wildman–Crippen MR) is 119 cm³/mol. The molecule has 1 saturated carbocycles. The zero-order valence-electron chi connectivity index (χ0n) is 15.6. The molecule has 0 heterocycles. The Morgan fingerprint density at radius 3 is 1.78 bits per heavy atom. The van der Waals surface area contributed by atoms with E-state index in [0.29, 0.717) is 11.7 Å². The molecule has 3 aromatic rings. The highest BCUT2D eigenvalue weighted by Crippen LogP contribution is 2.47. The molecule has 0 aromatic heterocycles. The number of hydrogen-bond acceptors (Lipinski definition) is 1. The molecular weight excluding hydrogens is 345 g/mol. The van der Waals surface area contributed by atoms with Crippen molar-refractivity contribution >= 4 is 24.7 Å². The van der Waals surface area contributed by atoms with E-state index in [9.17, 15) is 0 Å². The van der Waals surface area contributed by atoms with E-state index in [1.54, 1.807) is 0 Å². The Balaban J connectivity index is 1.67. The summed E-state index contributed by atoms with van der Waals surface area (Å²) in [6, 6.07) is 33.1. The fourth-order valence-corrected chi connectivity index (χ4v) is 7.06. The Morgan fingerprint density at radius 1 is 0.667 bits per heavy atom. The van der Waals surface area contributed by atoms with Crippen LogP contribution < -0.4 is 10.6 Å². The summed E-state index contributed by atoms with van der Waals surface area (Å²) in [5.74, 6) is 0. The molecule has 27 heavy (non-hydrogen) atoms. The van der Waals surface area contributed by atoms with Crippen LogP contribution in [0.4, 0.5) is 0 Å². The van der Waals surface area contributed by atoms with Crippen molar-refractivity contribution in [2.75, 3.05) is 0 Å². The zero-order valence-corrected chi connectivity index (χ0v) is 16.5. The molecule has 1 aliphatic carbocycles. The van der Waals surface area contributed by atoms with Gasteiger partial charge in [0.05, 0.1) is 6.04 Å². The lowest BCUT2D eigenvalue weighted by Gasteiger charge is -2.36. The number of aliphatic imine (C=N–C) groups is 1. The summed E-state index contributed by atoms with van der Waals surface area (Å²) in [7, 11) is -0.403. The Morgan fingerprint density at radius 2 is 1.19 bits per heavy atom. The molecule has 0 radical (unpaired) electrons. The monoisotopic (exact) mass is 371 g/mol. The third-order valence-corrected chi connectivity index (χ3v) is 8.28. The van der Waals surface area contributed by atoms with E-state index >= 15 is 0 Å². The Hall–Kier alpha value is -2.24. The van der Waals surface area contributed by atoms with Gasteiger partial charge in [-0.05, 0) is 36.9 Å². The number of nitrogens with zero attached hydrogens (tertiary/aromatic N) is 1. The average molecular weight is 371 g/mol. The highest BCUT2D eigenvalue weighted by atomic mass is 31.1. The smallest absolute Gasteiger partial charge is 0.0573 e. The lowest BCUT2D eigenvalue weighted by atomic mass is 9.95. The van der Waals surface area contributed by atoms with Crippen LogP contribution in [0.15, 0.2) is 96.0 Å². The minimum absolute atomic E-state index is 0.403. The highest BCUT2D eigenvalue weighted by Gasteiger charge is 2.33. The topological polar surface area (TPSA) is 12.4 Å². The van der Waals surface area contributed by atoms with E-state index in [-0.39, 0.29) is 0 Å². The number of benzene rings is 3. The first-order chi connectivity index (χ1) is 13.4. The lowest BCUT2D eigenvalue weighted by molar-refractivity contribution is 0.453. The molecule has 0 N–H and O–H groups in total. The highest BCUT2D eigenvalue weighted by molar-refractivity contribution is 7.73. The van der Waals surface area contributed by atoms with Gasteiger partial charge in [0.2, 0.25) is 0 Å². The van der Waals surface area contributed by atoms with Crippen molar-refractivity contribution in [1.82, 2.24) is 0 Å². The molecule has 0 bridgehead atoms. The van der Waals surface area contributed by atoms with Crippen LogP contribution in [0.5, 0.6) is 0 Å². The molecule has 0 spiro atoms. The predicted octanol–water partition coefficient (Wildman–Crippen LogP) is 5.55. The van der Waals surface area contributed by atoms with E-state index in [1.165, 1.54) is 41.9 Å². The first-order valence-corrected chi connectivity index (χ1v) is 11.3. The van der Waals surface area contributed by atoms with Gasteiger partial charge >= 0.3 is 0 Å². The molecule has 4 rings (SSSR count). The second-order valence-corrected chi connectivity index (χ2v) is 9.59.